The highest BCUT2D eigenvalue weighted by molar-refractivity contribution is 7.93. The lowest BCUT2D eigenvalue weighted by Gasteiger charge is -2.24. The van der Waals surface area contributed by atoms with Gasteiger partial charge in [0.2, 0.25) is 5.91 Å². The highest BCUT2D eigenvalue weighted by atomic mass is 35.5. The number of benzene rings is 4. The fourth-order valence-corrected chi connectivity index (χ4v) is 6.49. The second-order valence-corrected chi connectivity index (χ2v) is 13.3. The van der Waals surface area contributed by atoms with Crippen LogP contribution in [-0.4, -0.2) is 29.3 Å². The van der Waals surface area contributed by atoms with Crippen molar-refractivity contribution in [2.45, 2.75) is 30.6 Å². The fourth-order valence-electron chi connectivity index (χ4n) is 3.90. The Hall–Kier alpha value is -3.86. The van der Waals surface area contributed by atoms with Gasteiger partial charge in [-0.2, -0.15) is 0 Å². The summed E-state index contributed by atoms with van der Waals surface area (Å²) in [6.45, 7) is 5.14. The van der Waals surface area contributed by atoms with E-state index in [4.69, 9.17) is 11.6 Å². The molecule has 0 fully saturated rings. The van der Waals surface area contributed by atoms with Gasteiger partial charge >= 0.3 is 0 Å². The van der Waals surface area contributed by atoms with Crippen molar-refractivity contribution in [1.29, 1.82) is 0 Å². The van der Waals surface area contributed by atoms with Crippen LogP contribution in [-0.2, 0) is 24.8 Å². The fraction of sp³-hybridized carbons (Fsp3) is 0.138. The molecule has 2 N–H and O–H groups in total. The normalized spacial score (nSPS) is 11.6. The van der Waals surface area contributed by atoms with Gasteiger partial charge in [0.15, 0.2) is 0 Å². The van der Waals surface area contributed by atoms with Crippen molar-refractivity contribution in [2.24, 2.45) is 0 Å². The maximum atomic E-state index is 13.5. The molecule has 4 aromatic rings. The predicted octanol–water partition coefficient (Wildman–Crippen LogP) is 5.90. The summed E-state index contributed by atoms with van der Waals surface area (Å²) in [5.41, 5.74) is 3.90. The molecule has 4 rings (SSSR count). The Bertz CT molecular complexity index is 1760. The van der Waals surface area contributed by atoms with Gasteiger partial charge < -0.3 is 5.32 Å². The Labute approximate surface area is 239 Å². The zero-order valence-electron chi connectivity index (χ0n) is 22.1. The number of sulfonamides is 2. The number of aryl methyl sites for hydroxylation is 3. The maximum absolute atomic E-state index is 13.5. The van der Waals surface area contributed by atoms with Crippen LogP contribution in [0.3, 0.4) is 0 Å². The Morgan fingerprint density at radius 1 is 0.750 bits per heavy atom. The van der Waals surface area contributed by atoms with Crippen molar-refractivity contribution >= 4 is 54.6 Å². The van der Waals surface area contributed by atoms with E-state index in [1.54, 1.807) is 30.3 Å². The molecule has 0 spiro atoms. The molecular formula is C29H28ClN3O5S2. The number of anilines is 3. The zero-order valence-corrected chi connectivity index (χ0v) is 24.4. The van der Waals surface area contributed by atoms with Gasteiger partial charge in [-0.3, -0.25) is 13.8 Å². The Morgan fingerprint density at radius 2 is 1.38 bits per heavy atom. The Kier molecular flexibility index (Phi) is 8.53. The third-order valence-corrected chi connectivity index (χ3v) is 9.62. The summed E-state index contributed by atoms with van der Waals surface area (Å²) in [4.78, 5) is 13.0. The molecule has 0 bridgehead atoms. The van der Waals surface area contributed by atoms with E-state index in [0.29, 0.717) is 22.1 Å². The summed E-state index contributed by atoms with van der Waals surface area (Å²) in [6, 6.07) is 23.4. The van der Waals surface area contributed by atoms with Crippen LogP contribution < -0.4 is 14.3 Å². The molecule has 11 heteroatoms. The SMILES string of the molecule is Cc1cccc(N(CC(=O)Nc2ccc(S(=O)(=O)Nc3ccc(C)c(C)c3)cc2)S(=O)(=O)c2ccc(Cl)cc2)c1. The van der Waals surface area contributed by atoms with E-state index in [-0.39, 0.29) is 9.79 Å². The summed E-state index contributed by atoms with van der Waals surface area (Å²) < 4.78 is 56.3. The minimum atomic E-state index is -4.11. The van der Waals surface area contributed by atoms with Gasteiger partial charge in [-0.25, -0.2) is 16.8 Å². The van der Waals surface area contributed by atoms with Crippen molar-refractivity contribution in [3.8, 4) is 0 Å². The summed E-state index contributed by atoms with van der Waals surface area (Å²) in [5.74, 6) is -0.608. The number of amides is 1. The van der Waals surface area contributed by atoms with Crippen molar-refractivity contribution in [2.75, 3.05) is 20.9 Å². The van der Waals surface area contributed by atoms with Crippen molar-refractivity contribution in [3.05, 3.63) is 113 Å². The summed E-state index contributed by atoms with van der Waals surface area (Å²) in [5, 5.41) is 3.03. The third-order valence-electron chi connectivity index (χ3n) is 6.19. The lowest BCUT2D eigenvalue weighted by Crippen LogP contribution is -2.38. The van der Waals surface area contributed by atoms with Crippen LogP contribution in [0.1, 0.15) is 16.7 Å². The Balaban J connectivity index is 1.53. The van der Waals surface area contributed by atoms with Crippen LogP contribution in [0.4, 0.5) is 17.1 Å². The van der Waals surface area contributed by atoms with Gasteiger partial charge in [-0.05, 0) is 110 Å². The van der Waals surface area contributed by atoms with Crippen LogP contribution in [0.5, 0.6) is 0 Å². The molecule has 0 saturated heterocycles. The predicted molar refractivity (Wildman–Crippen MR) is 159 cm³/mol. The van der Waals surface area contributed by atoms with Crippen LogP contribution in [0.25, 0.3) is 0 Å². The lowest BCUT2D eigenvalue weighted by molar-refractivity contribution is -0.114. The quantitative estimate of drug-likeness (QED) is 0.249. The largest absolute Gasteiger partial charge is 0.325 e. The molecule has 208 valence electrons. The number of carbonyl (C=O) groups is 1. The first-order chi connectivity index (χ1) is 18.8. The summed E-state index contributed by atoms with van der Waals surface area (Å²) in [6.07, 6.45) is 0. The molecule has 1 amide bonds. The average Bonchev–Trinajstić information content (AvgIpc) is 2.90. The van der Waals surface area contributed by atoms with E-state index in [1.165, 1.54) is 48.5 Å². The van der Waals surface area contributed by atoms with E-state index >= 15 is 0 Å². The topological polar surface area (TPSA) is 113 Å². The van der Waals surface area contributed by atoms with Crippen molar-refractivity contribution in [1.82, 2.24) is 0 Å². The van der Waals surface area contributed by atoms with E-state index in [0.717, 1.165) is 21.0 Å². The molecule has 0 aliphatic carbocycles. The van der Waals surface area contributed by atoms with E-state index in [2.05, 4.69) is 10.0 Å². The number of halogens is 1. The molecule has 0 heterocycles. The summed E-state index contributed by atoms with van der Waals surface area (Å²) in [7, 11) is -7.97. The van der Waals surface area contributed by atoms with Gasteiger partial charge in [0.05, 0.1) is 15.5 Å². The van der Waals surface area contributed by atoms with Crippen molar-refractivity contribution < 1.29 is 21.6 Å². The molecular weight excluding hydrogens is 570 g/mol. The van der Waals surface area contributed by atoms with E-state index in [9.17, 15) is 21.6 Å². The zero-order chi connectivity index (χ0) is 29.1. The third kappa shape index (κ3) is 6.82. The number of carbonyl (C=O) groups excluding carboxylic acids is 1. The second kappa shape index (κ2) is 11.7. The van der Waals surface area contributed by atoms with Gasteiger partial charge in [-0.1, -0.05) is 29.8 Å². The van der Waals surface area contributed by atoms with Gasteiger partial charge in [0.1, 0.15) is 6.54 Å². The molecule has 0 unspecified atom stereocenters. The van der Waals surface area contributed by atoms with Crippen LogP contribution in [0, 0.1) is 20.8 Å². The highest BCUT2D eigenvalue weighted by Crippen LogP contribution is 2.26. The molecule has 0 saturated carbocycles. The molecule has 40 heavy (non-hydrogen) atoms. The molecule has 0 aromatic heterocycles. The molecule has 0 aliphatic rings. The smallest absolute Gasteiger partial charge is 0.264 e. The number of rotatable bonds is 9. The highest BCUT2D eigenvalue weighted by Gasteiger charge is 2.27. The lowest BCUT2D eigenvalue weighted by atomic mass is 10.1. The maximum Gasteiger partial charge on any atom is 0.264 e. The molecule has 0 aliphatic heterocycles. The minimum Gasteiger partial charge on any atom is -0.325 e. The van der Waals surface area contributed by atoms with Crippen LogP contribution >= 0.6 is 11.6 Å². The van der Waals surface area contributed by atoms with Gasteiger partial charge in [0, 0.05) is 16.4 Å². The Morgan fingerprint density at radius 3 is 2.00 bits per heavy atom. The minimum absolute atomic E-state index is 0.00966. The van der Waals surface area contributed by atoms with Crippen LogP contribution in [0.2, 0.25) is 5.02 Å². The first-order valence-corrected chi connectivity index (χ1v) is 15.5. The van der Waals surface area contributed by atoms with Gasteiger partial charge in [0.25, 0.3) is 20.0 Å². The second-order valence-electron chi connectivity index (χ2n) is 9.28. The number of nitrogens with zero attached hydrogens (tertiary/aromatic N) is 1. The van der Waals surface area contributed by atoms with Gasteiger partial charge in [-0.15, -0.1) is 0 Å². The van der Waals surface area contributed by atoms with E-state index in [1.807, 2.05) is 32.9 Å². The van der Waals surface area contributed by atoms with Crippen molar-refractivity contribution in [3.63, 3.8) is 0 Å². The monoisotopic (exact) mass is 597 g/mol. The number of hydrogen-bond acceptors (Lipinski definition) is 5. The average molecular weight is 598 g/mol. The molecule has 0 radical (unpaired) electrons. The molecule has 4 aromatic carbocycles. The molecule has 8 nitrogen and oxygen atoms in total. The van der Waals surface area contributed by atoms with Crippen LogP contribution in [0.15, 0.2) is 101 Å². The number of hydrogen-bond donors (Lipinski definition) is 2. The number of nitrogens with one attached hydrogen (secondary N) is 2. The summed E-state index contributed by atoms with van der Waals surface area (Å²) >= 11 is 5.93. The standard InChI is InChI=1S/C29H28ClN3O5S2/c1-20-5-4-6-26(17-20)33(40(37,38)28-13-8-23(30)9-14-28)19-29(34)31-24-11-15-27(16-12-24)39(35,36)32-25-10-7-21(2)22(3)18-25/h4-18,32H,19H2,1-3H3,(H,31,34). The molecule has 0 atom stereocenters. The first-order valence-electron chi connectivity index (χ1n) is 12.2. The first kappa shape index (κ1) is 29.1. The van der Waals surface area contributed by atoms with E-state index < -0.39 is 32.5 Å².